The van der Waals surface area contributed by atoms with E-state index < -0.39 is 5.97 Å². The molecule has 5 heteroatoms. The summed E-state index contributed by atoms with van der Waals surface area (Å²) in [6.45, 7) is 1.97. The molecule has 1 aromatic carbocycles. The lowest BCUT2D eigenvalue weighted by Gasteiger charge is -2.23. The number of carbonyl (C=O) groups is 1. The summed E-state index contributed by atoms with van der Waals surface area (Å²) in [6, 6.07) is 6.81. The van der Waals surface area contributed by atoms with Crippen molar-refractivity contribution in [3.63, 3.8) is 0 Å². The summed E-state index contributed by atoms with van der Waals surface area (Å²) >= 11 is 0. The maximum absolute atomic E-state index is 10.9. The van der Waals surface area contributed by atoms with Gasteiger partial charge in [0.05, 0.1) is 17.0 Å². The molecule has 2 aromatic rings. The van der Waals surface area contributed by atoms with Crippen LogP contribution in [0.1, 0.15) is 34.8 Å². The molecule has 1 saturated heterocycles. The smallest absolute Gasteiger partial charge is 0.335 e. The van der Waals surface area contributed by atoms with E-state index in [4.69, 9.17) is 5.11 Å². The number of hydrogen-bond acceptors (Lipinski definition) is 4. The molecule has 3 rings (SSSR count). The van der Waals surface area contributed by atoms with E-state index in [1.54, 1.807) is 36.7 Å². The lowest BCUT2D eigenvalue weighted by molar-refractivity contribution is 0.0697. The van der Waals surface area contributed by atoms with E-state index in [1.807, 2.05) is 0 Å². The molecule has 108 valence electrons. The molecule has 21 heavy (non-hydrogen) atoms. The summed E-state index contributed by atoms with van der Waals surface area (Å²) in [4.78, 5) is 19.9. The SMILES string of the molecule is O=C(O)c1ccc(-c2nccnc2[C@H]2CCCNC2)cc1. The van der Waals surface area contributed by atoms with Crippen molar-refractivity contribution in [2.45, 2.75) is 18.8 Å². The summed E-state index contributed by atoms with van der Waals surface area (Å²) < 4.78 is 0. The lowest BCUT2D eigenvalue weighted by Crippen LogP contribution is -2.29. The van der Waals surface area contributed by atoms with Crippen LogP contribution < -0.4 is 5.32 Å². The van der Waals surface area contributed by atoms with Gasteiger partial charge in [0.25, 0.3) is 0 Å². The van der Waals surface area contributed by atoms with E-state index in [1.165, 1.54) is 0 Å². The highest BCUT2D eigenvalue weighted by atomic mass is 16.4. The van der Waals surface area contributed by atoms with Crippen LogP contribution in [-0.4, -0.2) is 34.1 Å². The number of carboxylic acid groups (broad SMARTS) is 1. The zero-order valence-corrected chi connectivity index (χ0v) is 11.6. The molecule has 1 aromatic heterocycles. The Kier molecular flexibility index (Phi) is 3.92. The monoisotopic (exact) mass is 283 g/mol. The predicted molar refractivity (Wildman–Crippen MR) is 79.3 cm³/mol. The third-order valence-electron chi connectivity index (χ3n) is 3.82. The Labute approximate surface area is 123 Å². The average molecular weight is 283 g/mol. The van der Waals surface area contributed by atoms with Crippen LogP contribution in [0.2, 0.25) is 0 Å². The standard InChI is InChI=1S/C16H17N3O2/c20-16(21)12-5-3-11(4-6-12)14-15(19-9-8-18-14)13-2-1-7-17-10-13/h3-6,8-9,13,17H,1-2,7,10H2,(H,20,21)/t13-/m0/s1. The Morgan fingerprint density at radius 2 is 1.95 bits per heavy atom. The number of nitrogens with zero attached hydrogens (tertiary/aromatic N) is 2. The lowest BCUT2D eigenvalue weighted by atomic mass is 9.92. The third-order valence-corrected chi connectivity index (χ3v) is 3.82. The Morgan fingerprint density at radius 3 is 2.62 bits per heavy atom. The number of nitrogens with one attached hydrogen (secondary N) is 1. The zero-order valence-electron chi connectivity index (χ0n) is 11.6. The van der Waals surface area contributed by atoms with Crippen LogP contribution >= 0.6 is 0 Å². The van der Waals surface area contributed by atoms with Crippen LogP contribution in [-0.2, 0) is 0 Å². The highest BCUT2D eigenvalue weighted by Gasteiger charge is 2.21. The molecule has 1 atom stereocenters. The van der Waals surface area contributed by atoms with Crippen molar-refractivity contribution < 1.29 is 9.90 Å². The van der Waals surface area contributed by atoms with Gasteiger partial charge in [0.1, 0.15) is 0 Å². The number of piperidine rings is 1. The van der Waals surface area contributed by atoms with E-state index in [9.17, 15) is 4.79 Å². The van der Waals surface area contributed by atoms with Crippen molar-refractivity contribution >= 4 is 5.97 Å². The van der Waals surface area contributed by atoms with Gasteiger partial charge in [-0.15, -0.1) is 0 Å². The molecule has 0 unspecified atom stereocenters. The second-order valence-electron chi connectivity index (χ2n) is 5.22. The van der Waals surface area contributed by atoms with Gasteiger partial charge in [-0.3, -0.25) is 9.97 Å². The minimum atomic E-state index is -0.919. The Morgan fingerprint density at radius 1 is 1.19 bits per heavy atom. The second kappa shape index (κ2) is 6.01. The first-order valence-electron chi connectivity index (χ1n) is 7.11. The molecule has 0 radical (unpaired) electrons. The summed E-state index contributed by atoms with van der Waals surface area (Å²) in [5.74, 6) is -0.556. The van der Waals surface area contributed by atoms with Gasteiger partial charge < -0.3 is 10.4 Å². The van der Waals surface area contributed by atoms with E-state index in [-0.39, 0.29) is 5.56 Å². The van der Waals surface area contributed by atoms with E-state index >= 15 is 0 Å². The van der Waals surface area contributed by atoms with Crippen molar-refractivity contribution in [3.8, 4) is 11.3 Å². The number of rotatable bonds is 3. The summed E-state index contributed by atoms with van der Waals surface area (Å²) in [5.41, 5.74) is 3.04. The van der Waals surface area contributed by atoms with Crippen LogP contribution in [0, 0.1) is 0 Å². The van der Waals surface area contributed by atoms with E-state index in [2.05, 4.69) is 15.3 Å². The fraction of sp³-hybridized carbons (Fsp3) is 0.312. The van der Waals surface area contributed by atoms with Crippen molar-refractivity contribution in [3.05, 3.63) is 47.9 Å². The van der Waals surface area contributed by atoms with Crippen molar-refractivity contribution in [1.29, 1.82) is 0 Å². The van der Waals surface area contributed by atoms with Gasteiger partial charge in [0.15, 0.2) is 0 Å². The van der Waals surface area contributed by atoms with Gasteiger partial charge in [-0.2, -0.15) is 0 Å². The highest BCUT2D eigenvalue weighted by molar-refractivity contribution is 5.88. The Bertz CT molecular complexity index is 634. The maximum atomic E-state index is 10.9. The van der Waals surface area contributed by atoms with Crippen LogP contribution in [0.25, 0.3) is 11.3 Å². The normalized spacial score (nSPS) is 18.4. The number of carboxylic acids is 1. The average Bonchev–Trinajstić information content (AvgIpc) is 2.56. The van der Waals surface area contributed by atoms with Gasteiger partial charge in [0, 0.05) is 30.4 Å². The first kappa shape index (κ1) is 13.7. The molecule has 0 amide bonds. The first-order valence-corrected chi connectivity index (χ1v) is 7.11. The van der Waals surface area contributed by atoms with Crippen LogP contribution in [0.15, 0.2) is 36.7 Å². The van der Waals surface area contributed by atoms with E-state index in [0.29, 0.717) is 5.92 Å². The topological polar surface area (TPSA) is 75.1 Å². The largest absolute Gasteiger partial charge is 0.478 e. The molecule has 0 spiro atoms. The molecule has 0 aliphatic carbocycles. The van der Waals surface area contributed by atoms with Crippen molar-refractivity contribution in [2.75, 3.05) is 13.1 Å². The van der Waals surface area contributed by atoms with Gasteiger partial charge in [-0.25, -0.2) is 4.79 Å². The Hall–Kier alpha value is -2.27. The van der Waals surface area contributed by atoms with Gasteiger partial charge in [0.2, 0.25) is 0 Å². The molecule has 5 nitrogen and oxygen atoms in total. The highest BCUT2D eigenvalue weighted by Crippen LogP contribution is 2.29. The van der Waals surface area contributed by atoms with E-state index in [0.717, 1.165) is 42.9 Å². The molecule has 1 fully saturated rings. The number of aromatic carboxylic acids is 1. The minimum Gasteiger partial charge on any atom is -0.478 e. The zero-order chi connectivity index (χ0) is 14.7. The number of hydrogen-bond donors (Lipinski definition) is 2. The number of aromatic nitrogens is 2. The fourth-order valence-electron chi connectivity index (χ4n) is 2.73. The molecule has 0 saturated carbocycles. The number of benzene rings is 1. The third kappa shape index (κ3) is 2.92. The van der Waals surface area contributed by atoms with Crippen molar-refractivity contribution in [2.24, 2.45) is 0 Å². The van der Waals surface area contributed by atoms with Crippen LogP contribution in [0.4, 0.5) is 0 Å². The van der Waals surface area contributed by atoms with Gasteiger partial charge in [-0.05, 0) is 31.5 Å². The molecular weight excluding hydrogens is 266 g/mol. The summed E-state index contributed by atoms with van der Waals surface area (Å²) in [7, 11) is 0. The van der Waals surface area contributed by atoms with Gasteiger partial charge in [-0.1, -0.05) is 12.1 Å². The quantitative estimate of drug-likeness (QED) is 0.904. The molecule has 1 aliphatic heterocycles. The molecular formula is C16H17N3O2. The Balaban J connectivity index is 1.96. The van der Waals surface area contributed by atoms with Crippen molar-refractivity contribution in [1.82, 2.24) is 15.3 Å². The predicted octanol–water partition coefficient (Wildman–Crippen LogP) is 2.31. The summed E-state index contributed by atoms with van der Waals surface area (Å²) in [5, 5.41) is 12.4. The van der Waals surface area contributed by atoms with Gasteiger partial charge >= 0.3 is 5.97 Å². The molecule has 0 bridgehead atoms. The minimum absolute atomic E-state index is 0.281. The molecule has 1 aliphatic rings. The van der Waals surface area contributed by atoms with Crippen LogP contribution in [0.3, 0.4) is 0 Å². The summed E-state index contributed by atoms with van der Waals surface area (Å²) in [6.07, 6.45) is 5.64. The molecule has 2 N–H and O–H groups in total. The fourth-order valence-corrected chi connectivity index (χ4v) is 2.73. The molecule has 2 heterocycles. The maximum Gasteiger partial charge on any atom is 0.335 e. The first-order chi connectivity index (χ1) is 10.3. The second-order valence-corrected chi connectivity index (χ2v) is 5.22. The van der Waals surface area contributed by atoms with Crippen LogP contribution in [0.5, 0.6) is 0 Å².